The van der Waals surface area contributed by atoms with Gasteiger partial charge in [-0.15, -0.1) is 0 Å². The van der Waals surface area contributed by atoms with Gasteiger partial charge in [0.15, 0.2) is 0 Å². The van der Waals surface area contributed by atoms with Crippen molar-refractivity contribution in [2.75, 3.05) is 46.7 Å². The quantitative estimate of drug-likeness (QED) is 0.0995. The Balaban J connectivity index is -0.000000121. The van der Waals surface area contributed by atoms with Crippen LogP contribution in [0.3, 0.4) is 0 Å². The summed E-state index contributed by atoms with van der Waals surface area (Å²) < 4.78 is 43.0. The third kappa shape index (κ3) is 27.6. The fraction of sp³-hybridized carbons (Fsp3) is 0.917. The van der Waals surface area contributed by atoms with Gasteiger partial charge >= 0.3 is 63.3 Å². The number of carbonyl (C=O) groups excluding carboxylic acids is 2. The van der Waals surface area contributed by atoms with Crippen LogP contribution in [0.5, 0.6) is 0 Å². The van der Waals surface area contributed by atoms with Gasteiger partial charge in [0, 0.05) is 5.75 Å². The number of ether oxygens (including phenoxy) is 2. The van der Waals surface area contributed by atoms with Crippen LogP contribution in [0, 0.1) is 10.8 Å². The third-order valence-electron chi connectivity index (χ3n) is 4.42. The van der Waals surface area contributed by atoms with E-state index >= 15 is 0 Å². The molecule has 0 amide bonds. The first kappa shape index (κ1) is 60.3. The van der Waals surface area contributed by atoms with Gasteiger partial charge in [-0.2, -0.15) is 0 Å². The number of hydrogen-bond donors (Lipinski definition) is 0. The predicted molar refractivity (Wildman–Crippen MR) is 141 cm³/mol. The van der Waals surface area contributed by atoms with Crippen molar-refractivity contribution in [1.29, 1.82) is 0 Å². The molecule has 0 rings (SSSR count). The number of likely N-dealkylation sites (N-methyl/N-ethyl adjacent to an activating group) is 1. The summed E-state index contributed by atoms with van der Waals surface area (Å²) in [5.41, 5.74) is -1.80. The van der Waals surface area contributed by atoms with Crippen LogP contribution in [-0.4, -0.2) is 76.0 Å². The summed E-state index contributed by atoms with van der Waals surface area (Å²) in [6.07, 6.45) is 0.632. The van der Waals surface area contributed by atoms with Gasteiger partial charge < -0.3 is 30.9 Å². The molecule has 0 aliphatic heterocycles. The molecule has 0 aromatic heterocycles. The van der Waals surface area contributed by atoms with E-state index < -0.39 is 32.7 Å². The second-order valence-corrected chi connectivity index (χ2v) is 10.4. The number of carbonyl (C=O) groups is 2. The maximum absolute atomic E-state index is 12.5. The molecule has 1 atom stereocenters. The minimum absolute atomic E-state index is 0. The predicted octanol–water partition coefficient (Wildman–Crippen LogP) is -0.628. The zero-order valence-electron chi connectivity index (χ0n) is 19.0. The average Bonchev–Trinajstić information content (AvgIpc) is 2.48. The average molecular weight is 580 g/mol. The maximum atomic E-state index is 12.5. The molecular weight excluding hydrogens is 521 g/mol. The third-order valence-corrected chi connectivity index (χ3v) is 5.21. The minimum atomic E-state index is -4.33. The molecule has 0 spiro atoms. The smallest absolute Gasteiger partial charge is 1.00 e. The molecule has 0 fully saturated rings. The molecule has 0 aromatic rings. The van der Waals surface area contributed by atoms with E-state index in [9.17, 15) is 22.6 Å². The van der Waals surface area contributed by atoms with E-state index in [-0.39, 0.29) is 134 Å². The number of hydrogen-bond acceptors (Lipinski definition) is 7. The van der Waals surface area contributed by atoms with E-state index in [1.54, 1.807) is 20.8 Å². The van der Waals surface area contributed by atoms with Crippen LogP contribution in [-0.2, 0) is 29.2 Å². The van der Waals surface area contributed by atoms with Gasteiger partial charge in [-0.05, 0) is 40.0 Å². The first-order chi connectivity index (χ1) is 12.0. The van der Waals surface area contributed by atoms with Crippen LogP contribution in [0.25, 0.3) is 0 Å². The second kappa shape index (κ2) is 25.0. The molecule has 35 heavy (non-hydrogen) atoms. The molecule has 0 heterocycles. The molecule has 0 aromatic carbocycles. The van der Waals surface area contributed by atoms with E-state index in [0.717, 1.165) is 0 Å². The van der Waals surface area contributed by atoms with Gasteiger partial charge in [0.2, 0.25) is 0 Å². The Bertz CT molecular complexity index is 624. The van der Waals surface area contributed by atoms with Gasteiger partial charge in [-0.1, -0.05) is 51.5 Å². The zero-order valence-corrected chi connectivity index (χ0v) is 23.7. The fourth-order valence-electron chi connectivity index (χ4n) is 2.57. The van der Waals surface area contributed by atoms with Gasteiger partial charge in [-0.25, -0.2) is 8.42 Å². The Morgan fingerprint density at radius 3 is 1.60 bits per heavy atom. The number of rotatable bonds is 12. The standard InChI is InChI=1S/C18H35NO7S.6CH4.ClH.K/c1-8-18(4,16(21)25-11-9-13-27(22,23)24)14-17(2,3)15(20)26-12-10-19(5,6)7;;;;;;;;/h8-14H2,1-7H3;6*1H4;1H;/q;;;;;;;;+1/p-1. The number of nitrogens with zero attached hydrogens (tertiary/aromatic N) is 1. The summed E-state index contributed by atoms with van der Waals surface area (Å²) in [5.74, 6) is -1.46. The van der Waals surface area contributed by atoms with Crippen molar-refractivity contribution >= 4 is 22.1 Å². The zero-order chi connectivity index (χ0) is 21.5. The van der Waals surface area contributed by atoms with Crippen molar-refractivity contribution in [3.63, 3.8) is 0 Å². The van der Waals surface area contributed by atoms with E-state index in [1.165, 1.54) is 0 Å². The summed E-state index contributed by atoms with van der Waals surface area (Å²) in [7, 11) is 1.68. The fourth-order valence-corrected chi connectivity index (χ4v) is 3.04. The molecule has 8 nitrogen and oxygen atoms in total. The molecule has 0 saturated heterocycles. The maximum Gasteiger partial charge on any atom is 1.00 e. The molecular formula is C24H59ClKNO7S. The van der Waals surface area contributed by atoms with Crippen molar-refractivity contribution in [3.05, 3.63) is 0 Å². The summed E-state index contributed by atoms with van der Waals surface area (Å²) in [6.45, 7) is 7.81. The Labute approximate surface area is 268 Å². The van der Waals surface area contributed by atoms with E-state index in [0.29, 0.717) is 24.1 Å². The molecule has 1 unspecified atom stereocenters. The SMILES string of the molecule is C.C.C.C.C.C.CCC(C)(CC(C)(C)C(=O)OCC[N+](C)(C)C)C(=O)OCCCS(=O)(=O)[O-].[Cl-].[K+]. The summed E-state index contributed by atoms with van der Waals surface area (Å²) in [5, 5.41) is 0. The van der Waals surface area contributed by atoms with Crippen LogP contribution >= 0.6 is 0 Å². The molecule has 11 heteroatoms. The monoisotopic (exact) mass is 579 g/mol. The Hall–Kier alpha value is 0.736. The van der Waals surface area contributed by atoms with Crippen molar-refractivity contribution in [2.45, 2.75) is 91.5 Å². The first-order valence-corrected chi connectivity index (χ1v) is 10.7. The molecule has 0 radical (unpaired) electrons. The van der Waals surface area contributed by atoms with Crippen LogP contribution in [0.4, 0.5) is 0 Å². The summed E-state index contributed by atoms with van der Waals surface area (Å²) in [4.78, 5) is 24.9. The Morgan fingerprint density at radius 2 is 1.26 bits per heavy atom. The van der Waals surface area contributed by atoms with E-state index in [1.807, 2.05) is 28.1 Å². The normalized spacial score (nSPS) is 11.7. The summed E-state index contributed by atoms with van der Waals surface area (Å²) in [6, 6.07) is 0. The molecule has 0 aliphatic carbocycles. The van der Waals surface area contributed by atoms with Crippen molar-refractivity contribution in [2.24, 2.45) is 10.8 Å². The second-order valence-electron chi connectivity index (χ2n) is 8.88. The van der Waals surface area contributed by atoms with Crippen LogP contribution in [0.1, 0.15) is 91.5 Å². The largest absolute Gasteiger partial charge is 1.00 e. The minimum Gasteiger partial charge on any atom is -1.00 e. The Morgan fingerprint density at radius 1 is 0.857 bits per heavy atom. The number of esters is 2. The van der Waals surface area contributed by atoms with Crippen LogP contribution < -0.4 is 63.8 Å². The van der Waals surface area contributed by atoms with Gasteiger partial charge in [0.05, 0.1) is 48.7 Å². The molecule has 0 saturated carbocycles. The summed E-state index contributed by atoms with van der Waals surface area (Å²) >= 11 is 0. The van der Waals surface area contributed by atoms with Crippen LogP contribution in [0.15, 0.2) is 0 Å². The van der Waals surface area contributed by atoms with Gasteiger partial charge in [0.1, 0.15) is 13.2 Å². The first-order valence-electron chi connectivity index (χ1n) is 9.11. The topological polar surface area (TPSA) is 110 Å². The van der Waals surface area contributed by atoms with Gasteiger partial charge in [-0.3, -0.25) is 9.59 Å². The van der Waals surface area contributed by atoms with E-state index in [2.05, 4.69) is 0 Å². The molecule has 0 bridgehead atoms. The van der Waals surface area contributed by atoms with E-state index in [4.69, 9.17) is 9.47 Å². The number of quaternary nitrogens is 1. The Kier molecular flexibility index (Phi) is 43.2. The van der Waals surface area contributed by atoms with Crippen molar-refractivity contribution in [3.8, 4) is 0 Å². The van der Waals surface area contributed by atoms with Gasteiger partial charge in [0.25, 0.3) is 0 Å². The van der Waals surface area contributed by atoms with Crippen LogP contribution in [0.2, 0.25) is 0 Å². The number of halogens is 1. The molecule has 0 aliphatic rings. The molecule has 0 N–H and O–H groups in total. The molecule has 216 valence electrons. The van der Waals surface area contributed by atoms with Crippen molar-refractivity contribution < 1.29 is 100 Å². The van der Waals surface area contributed by atoms with Crippen molar-refractivity contribution in [1.82, 2.24) is 0 Å².